The van der Waals surface area contributed by atoms with Gasteiger partial charge in [-0.25, -0.2) is 0 Å². The van der Waals surface area contributed by atoms with Crippen LogP contribution in [0.4, 0.5) is 0 Å². The van der Waals surface area contributed by atoms with Gasteiger partial charge in [0.1, 0.15) is 0 Å². The predicted octanol–water partition coefficient (Wildman–Crippen LogP) is 2.88. The number of allylic oxidation sites excluding steroid dienone is 4. The Morgan fingerprint density at radius 1 is 1.17 bits per heavy atom. The van der Waals surface area contributed by atoms with Gasteiger partial charge in [-0.05, 0) is 43.8 Å². The summed E-state index contributed by atoms with van der Waals surface area (Å²) in [6.45, 7) is 6.08. The Bertz CT molecular complexity index is 222. The Morgan fingerprint density at radius 2 is 1.58 bits per heavy atom. The molecule has 12 heavy (non-hydrogen) atoms. The average molecular weight is 164 g/mol. The molecule has 0 aliphatic heterocycles. The molecule has 0 amide bonds. The van der Waals surface area contributed by atoms with Gasteiger partial charge in [0.2, 0.25) is 0 Å². The molecule has 1 aliphatic rings. The van der Waals surface area contributed by atoms with Crippen LogP contribution >= 0.6 is 0 Å². The maximum absolute atomic E-state index is 11.6. The molecule has 1 saturated carbocycles. The second kappa shape index (κ2) is 3.70. The number of rotatable bonds is 0. The number of ketones is 1. The molecule has 66 valence electrons. The molecular formula is C11H16O. The van der Waals surface area contributed by atoms with Crippen LogP contribution in [0, 0.1) is 5.92 Å². The average Bonchev–Trinajstić information content (AvgIpc) is 2.08. The van der Waals surface area contributed by atoms with Crippen LogP contribution in [0.5, 0.6) is 0 Å². The van der Waals surface area contributed by atoms with Crippen LogP contribution < -0.4 is 0 Å². The van der Waals surface area contributed by atoms with Crippen LogP contribution in [-0.2, 0) is 4.79 Å². The Balaban J connectivity index is 2.90. The Morgan fingerprint density at radius 3 is 1.92 bits per heavy atom. The third-order valence-electron chi connectivity index (χ3n) is 2.42. The fourth-order valence-electron chi connectivity index (χ4n) is 1.71. The van der Waals surface area contributed by atoms with E-state index in [9.17, 15) is 4.79 Å². The van der Waals surface area contributed by atoms with Crippen molar-refractivity contribution in [2.45, 2.75) is 33.6 Å². The van der Waals surface area contributed by atoms with Crippen molar-refractivity contribution in [3.63, 3.8) is 0 Å². The number of hydrogen-bond donors (Lipinski definition) is 0. The molecule has 1 rings (SSSR count). The van der Waals surface area contributed by atoms with E-state index in [0.717, 1.165) is 24.0 Å². The van der Waals surface area contributed by atoms with E-state index in [0.29, 0.717) is 5.92 Å². The SMILES string of the molecule is C/C=C1\CC(C)C/C(=C\C)C1=O. The molecule has 1 nitrogen and oxygen atoms in total. The van der Waals surface area contributed by atoms with Gasteiger partial charge in [0.15, 0.2) is 5.78 Å². The largest absolute Gasteiger partial charge is 0.289 e. The quantitative estimate of drug-likeness (QED) is 0.503. The zero-order valence-corrected chi connectivity index (χ0v) is 8.05. The maximum Gasteiger partial charge on any atom is 0.184 e. The highest BCUT2D eigenvalue weighted by molar-refractivity contribution is 6.08. The monoisotopic (exact) mass is 164 g/mol. The lowest BCUT2D eigenvalue weighted by molar-refractivity contribution is -0.113. The fraction of sp³-hybridized carbons (Fsp3) is 0.545. The van der Waals surface area contributed by atoms with Crippen molar-refractivity contribution in [1.82, 2.24) is 0 Å². The first-order valence-electron chi connectivity index (χ1n) is 4.54. The van der Waals surface area contributed by atoms with Crippen molar-refractivity contribution in [3.05, 3.63) is 23.3 Å². The van der Waals surface area contributed by atoms with Crippen LogP contribution in [0.2, 0.25) is 0 Å². The van der Waals surface area contributed by atoms with Gasteiger partial charge < -0.3 is 0 Å². The van der Waals surface area contributed by atoms with Crippen LogP contribution in [0.25, 0.3) is 0 Å². The van der Waals surface area contributed by atoms with Gasteiger partial charge in [-0.15, -0.1) is 0 Å². The molecule has 0 spiro atoms. The topological polar surface area (TPSA) is 17.1 Å². The molecule has 1 heteroatoms. The van der Waals surface area contributed by atoms with Gasteiger partial charge in [-0.3, -0.25) is 4.79 Å². The van der Waals surface area contributed by atoms with E-state index in [1.54, 1.807) is 0 Å². The highest BCUT2D eigenvalue weighted by Gasteiger charge is 2.23. The smallest absolute Gasteiger partial charge is 0.184 e. The van der Waals surface area contributed by atoms with Crippen molar-refractivity contribution < 1.29 is 4.79 Å². The van der Waals surface area contributed by atoms with E-state index in [-0.39, 0.29) is 5.78 Å². The molecule has 0 bridgehead atoms. The maximum atomic E-state index is 11.6. The third kappa shape index (κ3) is 1.66. The highest BCUT2D eigenvalue weighted by Crippen LogP contribution is 2.28. The summed E-state index contributed by atoms with van der Waals surface area (Å²) in [6, 6.07) is 0. The van der Waals surface area contributed by atoms with Crippen LogP contribution in [-0.4, -0.2) is 5.78 Å². The molecule has 0 unspecified atom stereocenters. The fourth-order valence-corrected chi connectivity index (χ4v) is 1.71. The van der Waals surface area contributed by atoms with Crippen molar-refractivity contribution in [2.75, 3.05) is 0 Å². The first kappa shape index (κ1) is 9.24. The lowest BCUT2D eigenvalue weighted by Crippen LogP contribution is -2.17. The highest BCUT2D eigenvalue weighted by atomic mass is 16.1. The van der Waals surface area contributed by atoms with Gasteiger partial charge in [0, 0.05) is 0 Å². The Labute approximate surface area is 74.2 Å². The lowest BCUT2D eigenvalue weighted by atomic mass is 9.82. The summed E-state index contributed by atoms with van der Waals surface area (Å²) in [5, 5.41) is 0. The zero-order chi connectivity index (χ0) is 9.14. The van der Waals surface area contributed by atoms with Crippen molar-refractivity contribution in [3.8, 4) is 0 Å². The number of hydrogen-bond acceptors (Lipinski definition) is 1. The zero-order valence-electron chi connectivity index (χ0n) is 8.05. The third-order valence-corrected chi connectivity index (χ3v) is 2.42. The van der Waals surface area contributed by atoms with Gasteiger partial charge >= 0.3 is 0 Å². The number of carbonyl (C=O) groups is 1. The minimum absolute atomic E-state index is 0.262. The van der Waals surface area contributed by atoms with E-state index in [2.05, 4.69) is 6.92 Å². The minimum atomic E-state index is 0.262. The van der Waals surface area contributed by atoms with Crippen LogP contribution in [0.1, 0.15) is 33.6 Å². The summed E-state index contributed by atoms with van der Waals surface area (Å²) in [6.07, 6.45) is 5.79. The van der Waals surface area contributed by atoms with E-state index in [4.69, 9.17) is 0 Å². The van der Waals surface area contributed by atoms with E-state index < -0.39 is 0 Å². The molecule has 0 heterocycles. The molecule has 1 aliphatic carbocycles. The van der Waals surface area contributed by atoms with Gasteiger partial charge in [-0.1, -0.05) is 19.1 Å². The lowest BCUT2D eigenvalue weighted by Gasteiger charge is -2.21. The number of carbonyl (C=O) groups excluding carboxylic acids is 1. The Kier molecular flexibility index (Phi) is 2.85. The summed E-state index contributed by atoms with van der Waals surface area (Å²) >= 11 is 0. The van der Waals surface area contributed by atoms with E-state index in [1.165, 1.54) is 0 Å². The molecule has 0 N–H and O–H groups in total. The minimum Gasteiger partial charge on any atom is -0.289 e. The number of Topliss-reactive ketones (excluding diaryl/α,β-unsaturated/α-hetero) is 1. The van der Waals surface area contributed by atoms with Crippen molar-refractivity contribution in [1.29, 1.82) is 0 Å². The molecule has 1 fully saturated rings. The predicted molar refractivity (Wildman–Crippen MR) is 50.9 cm³/mol. The molecule has 0 aromatic rings. The summed E-state index contributed by atoms with van der Waals surface area (Å²) in [7, 11) is 0. The summed E-state index contributed by atoms with van der Waals surface area (Å²) in [5.74, 6) is 0.887. The molecule has 0 saturated heterocycles. The van der Waals surface area contributed by atoms with Crippen molar-refractivity contribution >= 4 is 5.78 Å². The Hall–Kier alpha value is -0.850. The first-order valence-corrected chi connectivity index (χ1v) is 4.54. The van der Waals surface area contributed by atoms with Gasteiger partial charge in [-0.2, -0.15) is 0 Å². The van der Waals surface area contributed by atoms with E-state index >= 15 is 0 Å². The molecule has 0 aromatic heterocycles. The van der Waals surface area contributed by atoms with Gasteiger partial charge in [0.05, 0.1) is 0 Å². The normalized spacial score (nSPS) is 31.6. The summed E-state index contributed by atoms with van der Waals surface area (Å²) in [5.41, 5.74) is 1.98. The summed E-state index contributed by atoms with van der Waals surface area (Å²) < 4.78 is 0. The summed E-state index contributed by atoms with van der Waals surface area (Å²) in [4.78, 5) is 11.6. The molecule has 0 aromatic carbocycles. The second-order valence-corrected chi connectivity index (χ2v) is 3.47. The van der Waals surface area contributed by atoms with Crippen LogP contribution in [0.3, 0.4) is 0 Å². The van der Waals surface area contributed by atoms with Crippen LogP contribution in [0.15, 0.2) is 23.3 Å². The molecule has 0 atom stereocenters. The first-order chi connectivity index (χ1) is 5.69. The van der Waals surface area contributed by atoms with E-state index in [1.807, 2.05) is 26.0 Å². The standard InChI is InChI=1S/C11H16O/c1-4-9-6-8(3)7-10(5-2)11(9)12/h4-5,8H,6-7H2,1-3H3/b9-4+,10-5+. The molecule has 0 radical (unpaired) electrons. The van der Waals surface area contributed by atoms with Crippen molar-refractivity contribution in [2.24, 2.45) is 5.92 Å². The second-order valence-electron chi connectivity index (χ2n) is 3.47. The van der Waals surface area contributed by atoms with Gasteiger partial charge in [0.25, 0.3) is 0 Å². The molecular weight excluding hydrogens is 148 g/mol.